The third-order valence-electron chi connectivity index (χ3n) is 0.827. The third kappa shape index (κ3) is 77.8. The van der Waals surface area contributed by atoms with E-state index in [2.05, 4.69) is 17.2 Å². The summed E-state index contributed by atoms with van der Waals surface area (Å²) in [6.07, 6.45) is 0.471. The van der Waals surface area contributed by atoms with Crippen molar-refractivity contribution in [1.29, 1.82) is 0 Å². The Hall–Kier alpha value is -0.960. The van der Waals surface area contributed by atoms with E-state index >= 15 is 0 Å². The molecule has 0 aliphatic carbocycles. The Morgan fingerprint density at radius 2 is 1.37 bits per heavy atom. The summed E-state index contributed by atoms with van der Waals surface area (Å²) in [4.78, 5) is 9.60. The predicted octanol–water partition coefficient (Wildman–Crippen LogP) is 0.603. The fourth-order valence-corrected chi connectivity index (χ4v) is 0.774. The Balaban J connectivity index is -0.0000000851. The Morgan fingerprint density at radius 3 is 1.37 bits per heavy atom. The van der Waals surface area contributed by atoms with E-state index in [1.807, 2.05) is 28.2 Å². The summed E-state index contributed by atoms with van der Waals surface area (Å²) in [6.45, 7) is 6.29. The Labute approximate surface area is 116 Å². The molecular formula is C11H28N2O5S. The fraction of sp³-hybridized carbons (Fsp3) is 0.727. The van der Waals surface area contributed by atoms with Gasteiger partial charge in [-0.15, -0.1) is 0 Å². The Morgan fingerprint density at radius 1 is 1.16 bits per heavy atom. The number of hydrogen-bond acceptors (Lipinski definition) is 5. The van der Waals surface area contributed by atoms with E-state index in [0.717, 1.165) is 0 Å². The lowest BCUT2D eigenvalue weighted by Gasteiger charge is -1.85. The van der Waals surface area contributed by atoms with Crippen LogP contribution in [0.25, 0.3) is 0 Å². The molecule has 8 heteroatoms. The quantitative estimate of drug-likeness (QED) is 0.445. The molecule has 118 valence electrons. The van der Waals surface area contributed by atoms with Crippen molar-refractivity contribution in [3.8, 4) is 0 Å². The molecule has 7 nitrogen and oxygen atoms in total. The zero-order valence-electron chi connectivity index (χ0n) is 12.6. The maximum Gasteiger partial charge on any atom is 0.330 e. The van der Waals surface area contributed by atoms with Gasteiger partial charge in [-0.3, -0.25) is 4.55 Å². The van der Waals surface area contributed by atoms with Gasteiger partial charge in [0.05, 0.1) is 5.75 Å². The van der Waals surface area contributed by atoms with Crippen molar-refractivity contribution in [2.75, 3.05) is 33.9 Å². The van der Waals surface area contributed by atoms with Gasteiger partial charge in [0.2, 0.25) is 0 Å². The van der Waals surface area contributed by atoms with Crippen molar-refractivity contribution >= 4 is 16.1 Å². The highest BCUT2D eigenvalue weighted by Crippen LogP contribution is 1.83. The van der Waals surface area contributed by atoms with Crippen molar-refractivity contribution in [2.24, 2.45) is 0 Å². The molecule has 0 fully saturated rings. The van der Waals surface area contributed by atoms with Crippen molar-refractivity contribution < 1.29 is 22.9 Å². The molecule has 0 aliphatic heterocycles. The molecule has 0 amide bonds. The van der Waals surface area contributed by atoms with Gasteiger partial charge >= 0.3 is 5.97 Å². The average molecular weight is 300 g/mol. The van der Waals surface area contributed by atoms with Gasteiger partial charge in [-0.05, 0) is 41.5 Å². The highest BCUT2D eigenvalue weighted by molar-refractivity contribution is 7.85. The third-order valence-corrected chi connectivity index (χ3v) is 1.75. The number of aliphatic carboxylic acids is 1. The van der Waals surface area contributed by atoms with Crippen LogP contribution < -0.4 is 10.6 Å². The van der Waals surface area contributed by atoms with Crippen LogP contribution in [0.3, 0.4) is 0 Å². The van der Waals surface area contributed by atoms with Crippen molar-refractivity contribution in [3.05, 3.63) is 12.2 Å². The molecule has 0 aliphatic rings. The normalized spacial score (nSPS) is 8.58. The smallest absolute Gasteiger partial charge is 0.330 e. The summed E-state index contributed by atoms with van der Waals surface area (Å²) < 4.78 is 27.6. The number of carboxylic acid groups (broad SMARTS) is 1. The number of hydrogen-bond donors (Lipinski definition) is 4. The lowest BCUT2D eigenvalue weighted by Crippen LogP contribution is -2.01. The summed E-state index contributed by atoms with van der Waals surface area (Å²) in [6, 6.07) is 0. The SMILES string of the molecule is C=C(C)C(=O)O.CCCS(=O)(=O)O.CNC.CNC. The summed E-state index contributed by atoms with van der Waals surface area (Å²) in [7, 11) is 3.83. The van der Waals surface area contributed by atoms with E-state index in [-0.39, 0.29) is 11.3 Å². The molecule has 0 aromatic carbocycles. The first-order valence-corrected chi connectivity index (χ1v) is 7.15. The van der Waals surface area contributed by atoms with Crippen LogP contribution in [0.4, 0.5) is 0 Å². The zero-order valence-corrected chi connectivity index (χ0v) is 13.5. The molecule has 19 heavy (non-hydrogen) atoms. The average Bonchev–Trinajstić information content (AvgIpc) is 2.18. The molecule has 0 radical (unpaired) electrons. The van der Waals surface area contributed by atoms with E-state index in [1.54, 1.807) is 6.92 Å². The van der Waals surface area contributed by atoms with E-state index < -0.39 is 16.1 Å². The predicted molar refractivity (Wildman–Crippen MR) is 79.1 cm³/mol. The number of rotatable bonds is 3. The van der Waals surface area contributed by atoms with Crippen LogP contribution in [-0.2, 0) is 14.9 Å². The second-order valence-corrected chi connectivity index (χ2v) is 4.94. The summed E-state index contributed by atoms with van der Waals surface area (Å²) >= 11 is 0. The van der Waals surface area contributed by atoms with Gasteiger partial charge in [0, 0.05) is 5.57 Å². The largest absolute Gasteiger partial charge is 0.478 e. The van der Waals surface area contributed by atoms with E-state index in [9.17, 15) is 13.2 Å². The first-order chi connectivity index (χ1) is 8.53. The standard InChI is InChI=1S/C4H6O2.C3H8O3S.2C2H7N/c1-3(2)4(5)6;1-2-3-7(4,5)6;2*1-3-2/h1H2,2H3,(H,5,6);2-3H2,1H3,(H,4,5,6);2*3H,1-2H3. The minimum absolute atomic E-state index is 0.132. The fourth-order valence-electron chi connectivity index (χ4n) is 0.258. The van der Waals surface area contributed by atoms with Gasteiger partial charge in [-0.25, -0.2) is 4.79 Å². The minimum atomic E-state index is -3.67. The van der Waals surface area contributed by atoms with Crippen LogP contribution in [0, 0.1) is 0 Å². The molecule has 0 bridgehead atoms. The number of nitrogens with one attached hydrogen (secondary N) is 2. The van der Waals surface area contributed by atoms with Gasteiger partial charge in [0.25, 0.3) is 10.1 Å². The van der Waals surface area contributed by atoms with E-state index in [1.165, 1.54) is 6.92 Å². The lowest BCUT2D eigenvalue weighted by molar-refractivity contribution is -0.132. The molecular weight excluding hydrogens is 272 g/mol. The van der Waals surface area contributed by atoms with E-state index in [0.29, 0.717) is 6.42 Å². The van der Waals surface area contributed by atoms with Crippen molar-refractivity contribution in [3.63, 3.8) is 0 Å². The molecule has 0 aromatic rings. The molecule has 0 saturated carbocycles. The zero-order chi connectivity index (χ0) is 16.5. The van der Waals surface area contributed by atoms with Crippen LogP contribution >= 0.6 is 0 Å². The van der Waals surface area contributed by atoms with Crippen LogP contribution in [0.1, 0.15) is 20.3 Å². The van der Waals surface area contributed by atoms with Gasteiger partial charge in [0.1, 0.15) is 0 Å². The first-order valence-electron chi connectivity index (χ1n) is 5.54. The monoisotopic (exact) mass is 300 g/mol. The van der Waals surface area contributed by atoms with Crippen LogP contribution in [0.15, 0.2) is 12.2 Å². The summed E-state index contributed by atoms with van der Waals surface area (Å²) in [5.74, 6) is -1.07. The van der Waals surface area contributed by atoms with Crippen LogP contribution in [0.5, 0.6) is 0 Å². The first kappa shape index (κ1) is 26.6. The second-order valence-electron chi connectivity index (χ2n) is 3.37. The van der Waals surface area contributed by atoms with Gasteiger partial charge in [-0.2, -0.15) is 8.42 Å². The summed E-state index contributed by atoms with van der Waals surface area (Å²) in [5.41, 5.74) is 0.176. The minimum Gasteiger partial charge on any atom is -0.478 e. The maximum atomic E-state index is 9.79. The summed E-state index contributed by atoms with van der Waals surface area (Å²) in [5, 5.41) is 13.4. The molecule has 0 rings (SSSR count). The molecule has 4 N–H and O–H groups in total. The van der Waals surface area contributed by atoms with Crippen molar-refractivity contribution in [1.82, 2.24) is 10.6 Å². The molecule has 0 saturated heterocycles. The highest BCUT2D eigenvalue weighted by Gasteiger charge is 1.98. The molecule has 0 unspecified atom stereocenters. The van der Waals surface area contributed by atoms with E-state index in [4.69, 9.17) is 9.66 Å². The van der Waals surface area contributed by atoms with Crippen LogP contribution in [-0.4, -0.2) is 58.0 Å². The topological polar surface area (TPSA) is 116 Å². The van der Waals surface area contributed by atoms with Gasteiger partial charge in [0.15, 0.2) is 0 Å². The Kier molecular flexibility index (Phi) is 27.1. The highest BCUT2D eigenvalue weighted by atomic mass is 32.2. The van der Waals surface area contributed by atoms with Crippen LogP contribution in [0.2, 0.25) is 0 Å². The lowest BCUT2D eigenvalue weighted by atomic mass is 10.4. The van der Waals surface area contributed by atoms with Gasteiger partial charge in [-0.1, -0.05) is 13.5 Å². The van der Waals surface area contributed by atoms with Gasteiger partial charge < -0.3 is 15.7 Å². The number of carboxylic acids is 1. The molecule has 0 aromatic heterocycles. The molecule has 0 atom stereocenters. The maximum absolute atomic E-state index is 9.79. The Bertz CT molecular complexity index is 288. The van der Waals surface area contributed by atoms with Crippen molar-refractivity contribution in [2.45, 2.75) is 20.3 Å². The molecule has 0 spiro atoms. The second kappa shape index (κ2) is 19.4. The molecule has 0 heterocycles. The number of carbonyl (C=O) groups is 1.